The van der Waals surface area contributed by atoms with Crippen LogP contribution >= 0.6 is 0 Å². The fourth-order valence-corrected chi connectivity index (χ4v) is 2.46. The van der Waals surface area contributed by atoms with Gasteiger partial charge in [-0.05, 0) is 37.7 Å². The summed E-state index contributed by atoms with van der Waals surface area (Å²) in [6, 6.07) is 20.9. The van der Waals surface area contributed by atoms with Crippen LogP contribution < -0.4 is 5.32 Å². The van der Waals surface area contributed by atoms with Crippen molar-refractivity contribution in [1.29, 1.82) is 0 Å². The summed E-state index contributed by atoms with van der Waals surface area (Å²) in [4.78, 5) is 0. The van der Waals surface area contributed by atoms with E-state index in [1.165, 1.54) is 11.1 Å². The number of hydrogen-bond donors (Lipinski definition) is 1. The largest absolute Gasteiger partial charge is 0.308 e. The fraction of sp³-hybridized carbons (Fsp3) is 0.167. The minimum atomic E-state index is 0.107. The molecule has 1 atom stereocenters. The molecule has 1 aromatic heterocycles. The average Bonchev–Trinajstić information content (AvgIpc) is 3.00. The molecule has 0 aliphatic rings. The number of aromatic nitrogens is 2. The van der Waals surface area contributed by atoms with Gasteiger partial charge in [-0.1, -0.05) is 48.0 Å². The van der Waals surface area contributed by atoms with Gasteiger partial charge >= 0.3 is 0 Å². The van der Waals surface area contributed by atoms with Crippen LogP contribution in [0.5, 0.6) is 0 Å². The highest BCUT2D eigenvalue weighted by Crippen LogP contribution is 2.21. The van der Waals surface area contributed by atoms with Gasteiger partial charge in [0.15, 0.2) is 0 Å². The van der Waals surface area contributed by atoms with Gasteiger partial charge in [0.1, 0.15) is 0 Å². The molecule has 2 aromatic carbocycles. The quantitative estimate of drug-likeness (QED) is 0.791. The SMILES string of the molecule is CNC(c1ccc(C)cc1)c1ccn(-c2ccccc2)n1. The Morgan fingerprint density at radius 2 is 1.67 bits per heavy atom. The van der Waals surface area contributed by atoms with Gasteiger partial charge in [-0.15, -0.1) is 0 Å². The summed E-state index contributed by atoms with van der Waals surface area (Å²) in [6.45, 7) is 2.10. The van der Waals surface area contributed by atoms with E-state index in [4.69, 9.17) is 5.10 Å². The molecular weight excluding hydrogens is 258 g/mol. The lowest BCUT2D eigenvalue weighted by atomic mass is 10.0. The number of nitrogens with one attached hydrogen (secondary N) is 1. The summed E-state index contributed by atoms with van der Waals surface area (Å²) < 4.78 is 1.91. The first-order valence-electron chi connectivity index (χ1n) is 7.13. The molecule has 0 radical (unpaired) electrons. The molecule has 0 spiro atoms. The van der Waals surface area contributed by atoms with Gasteiger partial charge in [0.05, 0.1) is 17.4 Å². The van der Waals surface area contributed by atoms with Crippen LogP contribution in [0.4, 0.5) is 0 Å². The zero-order valence-corrected chi connectivity index (χ0v) is 12.3. The molecule has 106 valence electrons. The van der Waals surface area contributed by atoms with Crippen LogP contribution in [0.15, 0.2) is 66.9 Å². The third-order valence-electron chi connectivity index (χ3n) is 3.63. The fourth-order valence-electron chi connectivity index (χ4n) is 2.46. The van der Waals surface area contributed by atoms with Gasteiger partial charge in [0.2, 0.25) is 0 Å². The normalized spacial score (nSPS) is 12.3. The lowest BCUT2D eigenvalue weighted by Crippen LogP contribution is -2.18. The zero-order valence-electron chi connectivity index (χ0n) is 12.3. The molecular formula is C18H19N3. The molecule has 21 heavy (non-hydrogen) atoms. The zero-order chi connectivity index (χ0) is 14.7. The van der Waals surface area contributed by atoms with E-state index in [1.807, 2.05) is 36.1 Å². The van der Waals surface area contributed by atoms with Crippen molar-refractivity contribution in [2.24, 2.45) is 0 Å². The topological polar surface area (TPSA) is 29.9 Å². The Labute approximate surface area is 125 Å². The predicted molar refractivity (Wildman–Crippen MR) is 85.6 cm³/mol. The van der Waals surface area contributed by atoms with Gasteiger partial charge in [-0.2, -0.15) is 5.10 Å². The third-order valence-corrected chi connectivity index (χ3v) is 3.63. The lowest BCUT2D eigenvalue weighted by Gasteiger charge is -2.14. The van der Waals surface area contributed by atoms with Crippen molar-refractivity contribution >= 4 is 0 Å². The van der Waals surface area contributed by atoms with Gasteiger partial charge < -0.3 is 5.32 Å². The molecule has 0 aliphatic heterocycles. The second-order valence-electron chi connectivity index (χ2n) is 5.15. The number of hydrogen-bond acceptors (Lipinski definition) is 2. The minimum Gasteiger partial charge on any atom is -0.308 e. The van der Waals surface area contributed by atoms with E-state index in [1.54, 1.807) is 0 Å². The second-order valence-corrected chi connectivity index (χ2v) is 5.15. The third kappa shape index (κ3) is 2.88. The van der Waals surface area contributed by atoms with Crippen molar-refractivity contribution in [3.8, 4) is 5.69 Å². The Kier molecular flexibility index (Phi) is 3.84. The Bertz CT molecular complexity index is 699. The summed E-state index contributed by atoms with van der Waals surface area (Å²) in [5.74, 6) is 0. The van der Waals surface area contributed by atoms with Gasteiger partial charge in [-0.25, -0.2) is 4.68 Å². The van der Waals surface area contributed by atoms with E-state index in [2.05, 4.69) is 54.7 Å². The molecule has 0 fully saturated rings. The molecule has 0 saturated heterocycles. The molecule has 0 aliphatic carbocycles. The summed E-state index contributed by atoms with van der Waals surface area (Å²) in [7, 11) is 1.96. The van der Waals surface area contributed by atoms with Crippen LogP contribution in [-0.2, 0) is 0 Å². The second kappa shape index (κ2) is 5.94. The van der Waals surface area contributed by atoms with E-state index in [9.17, 15) is 0 Å². The van der Waals surface area contributed by atoms with Crippen LogP contribution in [0.1, 0.15) is 22.9 Å². The van der Waals surface area contributed by atoms with Crippen LogP contribution in [0.25, 0.3) is 5.69 Å². The highest BCUT2D eigenvalue weighted by molar-refractivity contribution is 5.33. The van der Waals surface area contributed by atoms with Gasteiger partial charge in [-0.3, -0.25) is 0 Å². The molecule has 3 rings (SSSR count). The molecule has 1 heterocycles. The molecule has 3 nitrogen and oxygen atoms in total. The maximum Gasteiger partial charge on any atom is 0.0843 e. The molecule has 3 aromatic rings. The summed E-state index contributed by atoms with van der Waals surface area (Å²) in [5.41, 5.74) is 4.58. The number of benzene rings is 2. The molecule has 1 N–H and O–H groups in total. The molecule has 0 bridgehead atoms. The van der Waals surface area contributed by atoms with Crippen LogP contribution in [0.3, 0.4) is 0 Å². The molecule has 3 heteroatoms. The first-order valence-corrected chi connectivity index (χ1v) is 7.13. The van der Waals surface area contributed by atoms with E-state index >= 15 is 0 Å². The maximum atomic E-state index is 4.70. The Balaban J connectivity index is 1.92. The monoisotopic (exact) mass is 277 g/mol. The van der Waals surface area contributed by atoms with E-state index in [-0.39, 0.29) is 6.04 Å². The number of nitrogens with zero attached hydrogens (tertiary/aromatic N) is 2. The summed E-state index contributed by atoms with van der Waals surface area (Å²) >= 11 is 0. The average molecular weight is 277 g/mol. The van der Waals surface area contributed by atoms with Crippen molar-refractivity contribution in [2.75, 3.05) is 7.05 Å². The van der Waals surface area contributed by atoms with E-state index < -0.39 is 0 Å². The number of aryl methyl sites for hydroxylation is 1. The van der Waals surface area contributed by atoms with Crippen LogP contribution in [-0.4, -0.2) is 16.8 Å². The first-order chi connectivity index (χ1) is 10.3. The van der Waals surface area contributed by atoms with Crippen molar-refractivity contribution in [3.05, 3.63) is 83.7 Å². The van der Waals surface area contributed by atoms with Crippen molar-refractivity contribution in [1.82, 2.24) is 15.1 Å². The summed E-state index contributed by atoms with van der Waals surface area (Å²) in [6.07, 6.45) is 2.00. The van der Waals surface area contributed by atoms with Gasteiger partial charge in [0, 0.05) is 6.20 Å². The van der Waals surface area contributed by atoms with E-state index in [0.717, 1.165) is 11.4 Å². The van der Waals surface area contributed by atoms with E-state index in [0.29, 0.717) is 0 Å². The van der Waals surface area contributed by atoms with Crippen LogP contribution in [0, 0.1) is 6.92 Å². The molecule has 0 saturated carbocycles. The number of para-hydroxylation sites is 1. The number of rotatable bonds is 4. The first kappa shape index (κ1) is 13.6. The lowest BCUT2D eigenvalue weighted by molar-refractivity contribution is 0.657. The Morgan fingerprint density at radius 3 is 2.33 bits per heavy atom. The highest BCUT2D eigenvalue weighted by atomic mass is 15.3. The predicted octanol–water partition coefficient (Wildman–Crippen LogP) is 3.49. The minimum absolute atomic E-state index is 0.107. The Hall–Kier alpha value is -2.39. The molecule has 1 unspecified atom stereocenters. The smallest absolute Gasteiger partial charge is 0.0843 e. The maximum absolute atomic E-state index is 4.70. The molecule has 0 amide bonds. The van der Waals surface area contributed by atoms with Crippen molar-refractivity contribution in [3.63, 3.8) is 0 Å². The van der Waals surface area contributed by atoms with Crippen LogP contribution in [0.2, 0.25) is 0 Å². The highest BCUT2D eigenvalue weighted by Gasteiger charge is 2.14. The standard InChI is InChI=1S/C18H19N3/c1-14-8-10-15(11-9-14)18(19-2)17-12-13-21(20-17)16-6-4-3-5-7-16/h3-13,18-19H,1-2H3. The van der Waals surface area contributed by atoms with Gasteiger partial charge in [0.25, 0.3) is 0 Å². The summed E-state index contributed by atoms with van der Waals surface area (Å²) in [5, 5.41) is 8.05. The Morgan fingerprint density at radius 1 is 0.952 bits per heavy atom. The van der Waals surface area contributed by atoms with Crippen molar-refractivity contribution in [2.45, 2.75) is 13.0 Å². The van der Waals surface area contributed by atoms with Crippen molar-refractivity contribution < 1.29 is 0 Å².